The van der Waals surface area contributed by atoms with E-state index in [2.05, 4.69) is 38.4 Å². The van der Waals surface area contributed by atoms with Crippen LogP contribution in [-0.4, -0.2) is 27.3 Å². The van der Waals surface area contributed by atoms with Crippen LogP contribution in [0.2, 0.25) is 0 Å². The summed E-state index contributed by atoms with van der Waals surface area (Å²) in [5.41, 5.74) is 5.97. The lowest BCUT2D eigenvalue weighted by atomic mass is 10.1. The minimum atomic E-state index is 0.453. The zero-order valence-corrected chi connectivity index (χ0v) is 18.7. The molecule has 34 heavy (non-hydrogen) atoms. The molecule has 0 unspecified atom stereocenters. The number of nitrogens with zero attached hydrogens (tertiary/aromatic N) is 2. The molecular formula is C28H24N4O2. The highest BCUT2D eigenvalue weighted by molar-refractivity contribution is 5.91. The standard InChI is InChI=1S/C28H24N4O2/c1-33-28-16-25(34-19-20-5-4-14-29-17-20)13-10-21(28)8-11-23-15-24(32-31-23)12-9-22-18-30-27-7-3-2-6-26(22)27/h2-18,30H,19H2,1H3,(H,31,32)/b11-8+,12-9+. The second-order valence-electron chi connectivity index (χ2n) is 7.76. The normalized spacial score (nSPS) is 11.6. The Morgan fingerprint density at radius 2 is 1.82 bits per heavy atom. The largest absolute Gasteiger partial charge is 0.496 e. The van der Waals surface area contributed by atoms with Crippen LogP contribution < -0.4 is 9.47 Å². The Labute approximate surface area is 197 Å². The first-order valence-corrected chi connectivity index (χ1v) is 11.0. The first-order valence-electron chi connectivity index (χ1n) is 11.0. The quantitative estimate of drug-likeness (QED) is 0.296. The Bertz CT molecular complexity index is 1450. The predicted molar refractivity (Wildman–Crippen MR) is 136 cm³/mol. The molecule has 0 radical (unpaired) electrons. The molecule has 0 fully saturated rings. The molecule has 6 nitrogen and oxygen atoms in total. The van der Waals surface area contributed by atoms with Crippen molar-refractivity contribution in [3.63, 3.8) is 0 Å². The van der Waals surface area contributed by atoms with E-state index < -0.39 is 0 Å². The van der Waals surface area contributed by atoms with Gasteiger partial charge in [-0.2, -0.15) is 5.10 Å². The fourth-order valence-corrected chi connectivity index (χ4v) is 3.68. The molecular weight excluding hydrogens is 424 g/mol. The molecule has 5 aromatic rings. The van der Waals surface area contributed by atoms with Crippen LogP contribution in [0.25, 0.3) is 35.2 Å². The summed E-state index contributed by atoms with van der Waals surface area (Å²) in [6, 6.07) is 19.9. The summed E-state index contributed by atoms with van der Waals surface area (Å²) in [5.74, 6) is 1.47. The third kappa shape index (κ3) is 4.91. The number of H-pyrrole nitrogens is 2. The molecule has 2 aromatic carbocycles. The second kappa shape index (κ2) is 9.92. The zero-order valence-electron chi connectivity index (χ0n) is 18.7. The maximum absolute atomic E-state index is 5.87. The summed E-state index contributed by atoms with van der Waals surface area (Å²) in [5, 5.41) is 8.65. The van der Waals surface area contributed by atoms with Gasteiger partial charge in [-0.05, 0) is 54.1 Å². The van der Waals surface area contributed by atoms with E-state index in [-0.39, 0.29) is 0 Å². The Balaban J connectivity index is 1.26. The van der Waals surface area contributed by atoms with Crippen molar-refractivity contribution in [2.45, 2.75) is 6.61 Å². The predicted octanol–water partition coefficient (Wildman–Crippen LogP) is 6.21. The molecule has 3 heterocycles. The number of rotatable bonds is 8. The van der Waals surface area contributed by atoms with Gasteiger partial charge >= 0.3 is 0 Å². The number of hydrogen-bond acceptors (Lipinski definition) is 4. The monoisotopic (exact) mass is 448 g/mol. The number of hydrogen-bond donors (Lipinski definition) is 2. The summed E-state index contributed by atoms with van der Waals surface area (Å²) < 4.78 is 11.4. The van der Waals surface area contributed by atoms with Gasteiger partial charge < -0.3 is 14.5 Å². The molecule has 6 heteroatoms. The van der Waals surface area contributed by atoms with Crippen molar-refractivity contribution < 1.29 is 9.47 Å². The fraction of sp³-hybridized carbons (Fsp3) is 0.0714. The molecule has 0 bridgehead atoms. The molecule has 0 amide bonds. The van der Waals surface area contributed by atoms with Gasteiger partial charge in [0.25, 0.3) is 0 Å². The SMILES string of the molecule is COc1cc(OCc2cccnc2)ccc1/C=C/c1cc(/C=C/c2c[nH]c3ccccc23)[nH]n1. The first-order chi connectivity index (χ1) is 16.8. The summed E-state index contributed by atoms with van der Waals surface area (Å²) in [6.45, 7) is 0.453. The average Bonchev–Trinajstić information content (AvgIpc) is 3.52. The van der Waals surface area contributed by atoms with Crippen LogP contribution in [0.4, 0.5) is 0 Å². The van der Waals surface area contributed by atoms with Gasteiger partial charge in [-0.1, -0.05) is 30.3 Å². The smallest absolute Gasteiger partial charge is 0.129 e. The summed E-state index contributed by atoms with van der Waals surface area (Å²) >= 11 is 0. The van der Waals surface area contributed by atoms with Gasteiger partial charge in [0.1, 0.15) is 18.1 Å². The minimum Gasteiger partial charge on any atom is -0.496 e. The number of ether oxygens (including phenoxy) is 2. The molecule has 2 N–H and O–H groups in total. The van der Waals surface area contributed by atoms with Crippen molar-refractivity contribution in [2.24, 2.45) is 0 Å². The van der Waals surface area contributed by atoms with Crippen molar-refractivity contribution in [1.29, 1.82) is 0 Å². The molecule has 0 spiro atoms. The van der Waals surface area contributed by atoms with Crippen LogP contribution in [0, 0.1) is 0 Å². The number of pyridine rings is 1. The van der Waals surface area contributed by atoms with Crippen molar-refractivity contribution in [1.82, 2.24) is 20.2 Å². The highest BCUT2D eigenvalue weighted by Gasteiger charge is 2.05. The number of benzene rings is 2. The highest BCUT2D eigenvalue weighted by atomic mass is 16.5. The molecule has 0 aliphatic rings. The minimum absolute atomic E-state index is 0.453. The number of aromatic amines is 2. The van der Waals surface area contributed by atoms with Gasteiger partial charge in [0.2, 0.25) is 0 Å². The van der Waals surface area contributed by atoms with Gasteiger partial charge in [0, 0.05) is 46.7 Å². The molecule has 0 saturated heterocycles. The molecule has 3 aromatic heterocycles. The van der Waals surface area contributed by atoms with E-state index in [1.54, 1.807) is 19.5 Å². The molecule has 5 rings (SSSR count). The van der Waals surface area contributed by atoms with Crippen LogP contribution in [0.3, 0.4) is 0 Å². The van der Waals surface area contributed by atoms with Crippen LogP contribution in [0.15, 0.2) is 79.3 Å². The third-order valence-electron chi connectivity index (χ3n) is 5.45. The lowest BCUT2D eigenvalue weighted by Gasteiger charge is -2.10. The number of para-hydroxylation sites is 1. The van der Waals surface area contributed by atoms with E-state index in [9.17, 15) is 0 Å². The van der Waals surface area contributed by atoms with Gasteiger partial charge in [0.05, 0.1) is 18.5 Å². The van der Waals surface area contributed by atoms with Crippen molar-refractivity contribution in [2.75, 3.05) is 7.11 Å². The Morgan fingerprint density at radius 1 is 0.912 bits per heavy atom. The molecule has 0 atom stereocenters. The van der Waals surface area contributed by atoms with Gasteiger partial charge in [-0.3, -0.25) is 10.1 Å². The van der Waals surface area contributed by atoms with E-state index in [0.717, 1.165) is 45.1 Å². The second-order valence-corrected chi connectivity index (χ2v) is 7.76. The van der Waals surface area contributed by atoms with E-state index in [0.29, 0.717) is 6.61 Å². The lowest BCUT2D eigenvalue weighted by Crippen LogP contribution is -1.96. The topological polar surface area (TPSA) is 75.8 Å². The van der Waals surface area contributed by atoms with E-state index in [4.69, 9.17) is 9.47 Å². The summed E-state index contributed by atoms with van der Waals surface area (Å²) in [6.07, 6.45) is 13.6. The van der Waals surface area contributed by atoms with Gasteiger partial charge in [-0.15, -0.1) is 0 Å². The van der Waals surface area contributed by atoms with Gasteiger partial charge in [0.15, 0.2) is 0 Å². The van der Waals surface area contributed by atoms with Crippen molar-refractivity contribution in [3.05, 3.63) is 107 Å². The van der Waals surface area contributed by atoms with Crippen LogP contribution in [-0.2, 0) is 6.61 Å². The molecule has 168 valence electrons. The Kier molecular flexibility index (Phi) is 6.21. The molecule has 0 aliphatic carbocycles. The van der Waals surface area contributed by atoms with Crippen LogP contribution >= 0.6 is 0 Å². The molecule has 0 aliphatic heterocycles. The number of aromatic nitrogens is 4. The Morgan fingerprint density at radius 3 is 2.71 bits per heavy atom. The number of methoxy groups -OCH3 is 1. The Hall–Kier alpha value is -4.58. The van der Waals surface area contributed by atoms with Crippen molar-refractivity contribution >= 4 is 35.2 Å². The lowest BCUT2D eigenvalue weighted by molar-refractivity contribution is 0.303. The third-order valence-corrected chi connectivity index (χ3v) is 5.45. The number of fused-ring (bicyclic) bond motifs is 1. The maximum Gasteiger partial charge on any atom is 0.129 e. The average molecular weight is 449 g/mol. The van der Waals surface area contributed by atoms with Crippen LogP contribution in [0.1, 0.15) is 28.1 Å². The van der Waals surface area contributed by atoms with Crippen LogP contribution in [0.5, 0.6) is 11.5 Å². The highest BCUT2D eigenvalue weighted by Crippen LogP contribution is 2.27. The van der Waals surface area contributed by atoms with E-state index >= 15 is 0 Å². The maximum atomic E-state index is 5.87. The fourth-order valence-electron chi connectivity index (χ4n) is 3.68. The summed E-state index contributed by atoms with van der Waals surface area (Å²) in [4.78, 5) is 7.40. The van der Waals surface area contributed by atoms with E-state index in [1.165, 1.54) is 5.39 Å². The summed E-state index contributed by atoms with van der Waals surface area (Å²) in [7, 11) is 1.65. The van der Waals surface area contributed by atoms with E-state index in [1.807, 2.05) is 73.0 Å². The van der Waals surface area contributed by atoms with Crippen molar-refractivity contribution in [3.8, 4) is 11.5 Å². The zero-order chi connectivity index (χ0) is 23.2. The first kappa shape index (κ1) is 21.3. The number of nitrogens with one attached hydrogen (secondary N) is 2. The van der Waals surface area contributed by atoms with Gasteiger partial charge in [-0.25, -0.2) is 0 Å². The molecule has 0 saturated carbocycles.